The summed E-state index contributed by atoms with van der Waals surface area (Å²) in [5, 5.41) is 7.60. The lowest BCUT2D eigenvalue weighted by atomic mass is 10.2. The molecule has 2 unspecified atom stereocenters. The highest BCUT2D eigenvalue weighted by Gasteiger charge is 2.54. The Bertz CT molecular complexity index is 300. The zero-order valence-electron chi connectivity index (χ0n) is 7.60. The van der Waals surface area contributed by atoms with Gasteiger partial charge in [-0.05, 0) is 31.0 Å². The second-order valence-electron chi connectivity index (χ2n) is 3.89. The van der Waals surface area contributed by atoms with Gasteiger partial charge in [0.15, 0.2) is 0 Å². The van der Waals surface area contributed by atoms with Crippen LogP contribution < -0.4 is 5.32 Å². The maximum atomic E-state index is 4.20. The van der Waals surface area contributed by atoms with Crippen LogP contribution >= 0.6 is 12.4 Å². The normalized spacial score (nSPS) is 35.3. The first-order valence-corrected chi connectivity index (χ1v) is 4.56. The molecule has 3 nitrogen and oxygen atoms in total. The fourth-order valence-corrected chi connectivity index (χ4v) is 2.57. The minimum absolute atomic E-state index is 0. The lowest BCUT2D eigenvalue weighted by Crippen LogP contribution is -2.15. The highest BCUT2D eigenvalue weighted by atomic mass is 35.5. The molecule has 0 bridgehead atoms. The summed E-state index contributed by atoms with van der Waals surface area (Å²) in [5.74, 6) is 2.61. The van der Waals surface area contributed by atoms with Crippen molar-refractivity contribution in [2.24, 2.45) is 18.9 Å². The number of nitrogens with zero attached hydrogens (tertiary/aromatic N) is 2. The first kappa shape index (κ1) is 9.03. The standard InChI is InChI=1S/C9H13N3.ClH/c1-12-8(2-3-11-12)9-6-4-10-5-7(6)9;/h2-3,6-7,9-10H,4-5H2,1H3;1H. The lowest BCUT2D eigenvalue weighted by Gasteiger charge is -2.03. The molecule has 0 amide bonds. The highest BCUT2D eigenvalue weighted by molar-refractivity contribution is 5.85. The van der Waals surface area contributed by atoms with Gasteiger partial charge in [-0.2, -0.15) is 5.10 Å². The second-order valence-corrected chi connectivity index (χ2v) is 3.89. The van der Waals surface area contributed by atoms with E-state index in [1.54, 1.807) is 0 Å². The minimum Gasteiger partial charge on any atom is -0.316 e. The second kappa shape index (κ2) is 3.00. The highest BCUT2D eigenvalue weighted by Crippen LogP contribution is 2.55. The molecule has 2 atom stereocenters. The topological polar surface area (TPSA) is 29.9 Å². The van der Waals surface area contributed by atoms with Crippen molar-refractivity contribution in [1.82, 2.24) is 15.1 Å². The van der Waals surface area contributed by atoms with Gasteiger partial charge < -0.3 is 5.32 Å². The molecule has 1 aliphatic carbocycles. The molecular formula is C9H14ClN3. The van der Waals surface area contributed by atoms with Gasteiger partial charge in [-0.15, -0.1) is 12.4 Å². The van der Waals surface area contributed by atoms with Crippen molar-refractivity contribution in [2.75, 3.05) is 13.1 Å². The zero-order valence-corrected chi connectivity index (χ0v) is 8.42. The van der Waals surface area contributed by atoms with Crippen LogP contribution in [0, 0.1) is 11.8 Å². The van der Waals surface area contributed by atoms with Crippen LogP contribution in [-0.2, 0) is 7.05 Å². The van der Waals surface area contributed by atoms with Crippen LogP contribution in [0.4, 0.5) is 0 Å². The molecule has 2 aliphatic rings. The Morgan fingerprint density at radius 1 is 1.46 bits per heavy atom. The van der Waals surface area contributed by atoms with E-state index < -0.39 is 0 Å². The Kier molecular flexibility index (Phi) is 2.08. The van der Waals surface area contributed by atoms with Crippen LogP contribution in [0.3, 0.4) is 0 Å². The third-order valence-electron chi connectivity index (χ3n) is 3.29. The predicted molar refractivity (Wildman–Crippen MR) is 53.0 cm³/mol. The number of hydrogen-bond acceptors (Lipinski definition) is 2. The summed E-state index contributed by atoms with van der Waals surface area (Å²) >= 11 is 0. The van der Waals surface area contributed by atoms with Crippen molar-refractivity contribution in [3.8, 4) is 0 Å². The van der Waals surface area contributed by atoms with Gasteiger partial charge in [0, 0.05) is 24.9 Å². The van der Waals surface area contributed by atoms with Gasteiger partial charge in [0.1, 0.15) is 0 Å². The summed E-state index contributed by atoms with van der Waals surface area (Å²) in [6, 6.07) is 2.16. The molecule has 1 aliphatic heterocycles. The summed E-state index contributed by atoms with van der Waals surface area (Å²) in [6.07, 6.45) is 1.90. The third-order valence-corrected chi connectivity index (χ3v) is 3.29. The Hall–Kier alpha value is -0.540. The summed E-state index contributed by atoms with van der Waals surface area (Å²) < 4.78 is 2.02. The van der Waals surface area contributed by atoms with Gasteiger partial charge >= 0.3 is 0 Å². The molecular weight excluding hydrogens is 186 g/mol. The van der Waals surface area contributed by atoms with Crippen LogP contribution in [0.5, 0.6) is 0 Å². The van der Waals surface area contributed by atoms with E-state index in [1.165, 1.54) is 18.8 Å². The van der Waals surface area contributed by atoms with Gasteiger partial charge in [0.05, 0.1) is 0 Å². The maximum Gasteiger partial charge on any atom is 0.0492 e. The molecule has 1 aromatic heterocycles. The molecule has 13 heavy (non-hydrogen) atoms. The summed E-state index contributed by atoms with van der Waals surface area (Å²) in [7, 11) is 2.04. The number of hydrogen-bond donors (Lipinski definition) is 1. The van der Waals surface area contributed by atoms with Crippen LogP contribution in [0.25, 0.3) is 0 Å². The molecule has 1 N–H and O–H groups in total. The van der Waals surface area contributed by atoms with E-state index in [9.17, 15) is 0 Å². The minimum atomic E-state index is 0. The van der Waals surface area contributed by atoms with Crippen LogP contribution in [-0.4, -0.2) is 22.9 Å². The number of halogens is 1. The summed E-state index contributed by atoms with van der Waals surface area (Å²) in [4.78, 5) is 0. The smallest absolute Gasteiger partial charge is 0.0492 e. The Morgan fingerprint density at radius 2 is 2.15 bits per heavy atom. The van der Waals surface area contributed by atoms with Gasteiger partial charge in [0.2, 0.25) is 0 Å². The molecule has 0 aromatic carbocycles. The van der Waals surface area contributed by atoms with E-state index in [0.717, 1.165) is 17.8 Å². The first-order chi connectivity index (χ1) is 5.88. The van der Waals surface area contributed by atoms with E-state index in [2.05, 4.69) is 16.5 Å². The SMILES string of the molecule is Cl.Cn1nccc1C1C2CNCC21. The Balaban J connectivity index is 0.000000653. The molecule has 72 valence electrons. The van der Waals surface area contributed by atoms with E-state index >= 15 is 0 Å². The molecule has 2 fully saturated rings. The molecule has 1 aromatic rings. The molecule has 1 saturated carbocycles. The van der Waals surface area contributed by atoms with Crippen LogP contribution in [0.1, 0.15) is 11.6 Å². The van der Waals surface area contributed by atoms with Gasteiger partial charge in [-0.25, -0.2) is 0 Å². The molecule has 0 spiro atoms. The number of piperidine rings is 1. The number of aromatic nitrogens is 2. The largest absolute Gasteiger partial charge is 0.316 e. The maximum absolute atomic E-state index is 4.20. The van der Waals surface area contributed by atoms with E-state index in [-0.39, 0.29) is 12.4 Å². The number of fused-ring (bicyclic) bond motifs is 1. The quantitative estimate of drug-likeness (QED) is 0.725. The van der Waals surface area contributed by atoms with Crippen molar-refractivity contribution in [3.63, 3.8) is 0 Å². The van der Waals surface area contributed by atoms with Crippen molar-refractivity contribution >= 4 is 12.4 Å². The summed E-state index contributed by atoms with van der Waals surface area (Å²) in [6.45, 7) is 2.42. The van der Waals surface area contributed by atoms with Crippen molar-refractivity contribution in [2.45, 2.75) is 5.92 Å². The van der Waals surface area contributed by atoms with Crippen LogP contribution in [0.15, 0.2) is 12.3 Å². The molecule has 3 rings (SSSR count). The number of aryl methyl sites for hydroxylation is 1. The Labute approximate surface area is 83.9 Å². The van der Waals surface area contributed by atoms with Crippen molar-refractivity contribution in [1.29, 1.82) is 0 Å². The average molecular weight is 200 g/mol. The zero-order chi connectivity index (χ0) is 8.13. The monoisotopic (exact) mass is 199 g/mol. The fraction of sp³-hybridized carbons (Fsp3) is 0.667. The molecule has 1 saturated heterocycles. The van der Waals surface area contributed by atoms with Gasteiger partial charge in [-0.3, -0.25) is 4.68 Å². The molecule has 0 radical (unpaired) electrons. The lowest BCUT2D eigenvalue weighted by molar-refractivity contribution is 0.631. The molecule has 4 heteroatoms. The average Bonchev–Trinajstić information content (AvgIpc) is 2.56. The van der Waals surface area contributed by atoms with Gasteiger partial charge in [-0.1, -0.05) is 0 Å². The van der Waals surface area contributed by atoms with Crippen molar-refractivity contribution < 1.29 is 0 Å². The molecule has 2 heterocycles. The first-order valence-electron chi connectivity index (χ1n) is 4.56. The van der Waals surface area contributed by atoms with Gasteiger partial charge in [0.25, 0.3) is 0 Å². The van der Waals surface area contributed by atoms with Crippen molar-refractivity contribution in [3.05, 3.63) is 18.0 Å². The van der Waals surface area contributed by atoms with E-state index in [0.29, 0.717) is 0 Å². The number of nitrogens with one attached hydrogen (secondary N) is 1. The fourth-order valence-electron chi connectivity index (χ4n) is 2.57. The Morgan fingerprint density at radius 3 is 2.69 bits per heavy atom. The predicted octanol–water partition coefficient (Wildman–Crippen LogP) is 0.775. The van der Waals surface area contributed by atoms with E-state index in [4.69, 9.17) is 0 Å². The summed E-state index contributed by atoms with van der Waals surface area (Å²) in [5.41, 5.74) is 1.42. The van der Waals surface area contributed by atoms with E-state index in [1.807, 2.05) is 17.9 Å². The number of rotatable bonds is 1. The third kappa shape index (κ3) is 1.18. The van der Waals surface area contributed by atoms with Crippen LogP contribution in [0.2, 0.25) is 0 Å².